The normalized spacial score (nSPS) is 20.3. The molecule has 1 saturated heterocycles. The van der Waals surface area contributed by atoms with Gasteiger partial charge in [0.2, 0.25) is 11.8 Å². The molecular formula is C24H41N5O2. The van der Waals surface area contributed by atoms with Crippen LogP contribution in [0.3, 0.4) is 0 Å². The standard InChI is InChI=1S/C24H41N5O2/c1-17-8-7-9-18(2)29(17)14-21(30)28-16-23(3,4)15-24(5,6)22(31)27-13-19-10-11-26-20(25)12-19/h10-12,17-18H,7-9,13-16H2,1-6H3,(H2,25,26)(H,27,31)(H,28,30). The molecule has 174 valence electrons. The number of nitrogen functional groups attached to an aromatic ring is 1. The van der Waals surface area contributed by atoms with Gasteiger partial charge in [-0.15, -0.1) is 0 Å². The van der Waals surface area contributed by atoms with Crippen LogP contribution in [0.1, 0.15) is 72.8 Å². The van der Waals surface area contributed by atoms with Crippen LogP contribution in [0.25, 0.3) is 0 Å². The fourth-order valence-corrected chi connectivity index (χ4v) is 4.71. The van der Waals surface area contributed by atoms with Gasteiger partial charge in [-0.3, -0.25) is 14.5 Å². The van der Waals surface area contributed by atoms with Crippen LogP contribution in [-0.4, -0.2) is 46.9 Å². The highest BCUT2D eigenvalue weighted by Gasteiger charge is 2.35. The number of likely N-dealkylation sites (tertiary alicyclic amines) is 1. The van der Waals surface area contributed by atoms with Crippen molar-refractivity contribution in [3.05, 3.63) is 23.9 Å². The minimum Gasteiger partial charge on any atom is -0.384 e. The number of piperidine rings is 1. The van der Waals surface area contributed by atoms with E-state index in [4.69, 9.17) is 5.73 Å². The Morgan fingerprint density at radius 1 is 1.16 bits per heavy atom. The van der Waals surface area contributed by atoms with Gasteiger partial charge in [-0.2, -0.15) is 0 Å². The zero-order chi connectivity index (χ0) is 23.2. The highest BCUT2D eigenvalue weighted by Crippen LogP contribution is 2.33. The smallest absolute Gasteiger partial charge is 0.234 e. The summed E-state index contributed by atoms with van der Waals surface area (Å²) in [6.07, 6.45) is 5.83. The van der Waals surface area contributed by atoms with Crippen LogP contribution in [0, 0.1) is 10.8 Å². The van der Waals surface area contributed by atoms with Crippen LogP contribution in [0.4, 0.5) is 5.82 Å². The third kappa shape index (κ3) is 7.80. The van der Waals surface area contributed by atoms with Gasteiger partial charge in [-0.25, -0.2) is 4.98 Å². The van der Waals surface area contributed by atoms with Gasteiger partial charge in [-0.05, 0) is 56.2 Å². The Morgan fingerprint density at radius 2 is 1.81 bits per heavy atom. The van der Waals surface area contributed by atoms with Gasteiger partial charge in [0.25, 0.3) is 0 Å². The molecule has 2 rings (SSSR count). The monoisotopic (exact) mass is 431 g/mol. The third-order valence-corrected chi connectivity index (χ3v) is 6.30. The number of hydrogen-bond acceptors (Lipinski definition) is 5. The molecule has 0 aromatic carbocycles. The molecule has 1 aliphatic heterocycles. The van der Waals surface area contributed by atoms with E-state index >= 15 is 0 Å². The average Bonchev–Trinajstić information content (AvgIpc) is 2.67. The molecule has 1 fully saturated rings. The van der Waals surface area contributed by atoms with E-state index in [1.165, 1.54) is 6.42 Å². The number of carbonyl (C=O) groups excluding carboxylic acids is 2. The molecule has 2 heterocycles. The van der Waals surface area contributed by atoms with Gasteiger partial charge in [0.15, 0.2) is 0 Å². The number of nitrogens with two attached hydrogens (primary N) is 1. The van der Waals surface area contributed by atoms with Crippen molar-refractivity contribution in [2.45, 2.75) is 85.9 Å². The predicted octanol–water partition coefficient (Wildman–Crippen LogP) is 3.10. The van der Waals surface area contributed by atoms with Gasteiger partial charge in [0.05, 0.1) is 6.54 Å². The van der Waals surface area contributed by atoms with E-state index in [9.17, 15) is 9.59 Å². The van der Waals surface area contributed by atoms with E-state index in [0.29, 0.717) is 44.0 Å². The van der Waals surface area contributed by atoms with Crippen LogP contribution in [0.15, 0.2) is 18.3 Å². The Hall–Kier alpha value is -2.15. The summed E-state index contributed by atoms with van der Waals surface area (Å²) in [5, 5.41) is 6.11. The summed E-state index contributed by atoms with van der Waals surface area (Å²) in [5.74, 6) is 0.487. The summed E-state index contributed by atoms with van der Waals surface area (Å²) in [6, 6.07) is 4.49. The van der Waals surface area contributed by atoms with Crippen molar-refractivity contribution >= 4 is 17.6 Å². The van der Waals surface area contributed by atoms with Crippen molar-refractivity contribution in [1.29, 1.82) is 0 Å². The molecule has 2 atom stereocenters. The molecule has 2 amide bonds. The summed E-state index contributed by atoms with van der Waals surface area (Å²) < 4.78 is 0. The fraction of sp³-hybridized carbons (Fsp3) is 0.708. The third-order valence-electron chi connectivity index (χ3n) is 6.30. The predicted molar refractivity (Wildman–Crippen MR) is 125 cm³/mol. The zero-order valence-corrected chi connectivity index (χ0v) is 20.1. The molecule has 2 unspecified atom stereocenters. The lowest BCUT2D eigenvalue weighted by molar-refractivity contribution is -0.131. The maximum Gasteiger partial charge on any atom is 0.234 e. The van der Waals surface area contributed by atoms with E-state index in [1.54, 1.807) is 12.3 Å². The maximum atomic E-state index is 12.8. The Bertz CT molecular complexity index is 752. The van der Waals surface area contributed by atoms with Crippen LogP contribution >= 0.6 is 0 Å². The number of rotatable bonds is 9. The van der Waals surface area contributed by atoms with Gasteiger partial charge in [0.1, 0.15) is 5.82 Å². The molecule has 31 heavy (non-hydrogen) atoms. The summed E-state index contributed by atoms with van der Waals surface area (Å²) in [6.45, 7) is 13.9. The van der Waals surface area contributed by atoms with Crippen LogP contribution in [0.5, 0.6) is 0 Å². The molecule has 0 aliphatic carbocycles. The number of amides is 2. The maximum absolute atomic E-state index is 12.8. The Labute approximate surface area is 187 Å². The lowest BCUT2D eigenvalue weighted by atomic mass is 9.74. The van der Waals surface area contributed by atoms with Gasteiger partial charge >= 0.3 is 0 Å². The second kappa shape index (κ2) is 10.4. The first kappa shape index (κ1) is 25.1. The molecule has 4 N–H and O–H groups in total. The lowest BCUT2D eigenvalue weighted by Gasteiger charge is -2.39. The van der Waals surface area contributed by atoms with E-state index in [-0.39, 0.29) is 17.2 Å². The second-order valence-corrected chi connectivity index (χ2v) is 10.6. The van der Waals surface area contributed by atoms with Crippen molar-refractivity contribution in [2.24, 2.45) is 10.8 Å². The van der Waals surface area contributed by atoms with E-state index < -0.39 is 5.41 Å². The number of aromatic nitrogens is 1. The van der Waals surface area contributed by atoms with Crippen molar-refractivity contribution in [3.8, 4) is 0 Å². The molecule has 1 aromatic rings. The number of nitrogens with one attached hydrogen (secondary N) is 2. The largest absolute Gasteiger partial charge is 0.384 e. The summed E-state index contributed by atoms with van der Waals surface area (Å²) in [4.78, 5) is 31.7. The van der Waals surface area contributed by atoms with Gasteiger partial charge < -0.3 is 16.4 Å². The minimum atomic E-state index is -0.567. The molecule has 0 radical (unpaired) electrons. The molecule has 1 aromatic heterocycles. The second-order valence-electron chi connectivity index (χ2n) is 10.6. The molecule has 0 bridgehead atoms. The lowest BCUT2D eigenvalue weighted by Crippen LogP contribution is -2.50. The Kier molecular flexibility index (Phi) is 8.46. The molecule has 7 heteroatoms. The highest BCUT2D eigenvalue weighted by atomic mass is 16.2. The fourth-order valence-electron chi connectivity index (χ4n) is 4.71. The SMILES string of the molecule is CC1CCCC(C)N1CC(=O)NCC(C)(C)CC(C)(C)C(=O)NCc1ccnc(N)c1. The van der Waals surface area contributed by atoms with Crippen molar-refractivity contribution in [3.63, 3.8) is 0 Å². The van der Waals surface area contributed by atoms with Crippen LogP contribution in [0.2, 0.25) is 0 Å². The molecule has 7 nitrogen and oxygen atoms in total. The number of anilines is 1. The van der Waals surface area contributed by atoms with E-state index in [1.807, 2.05) is 19.9 Å². The van der Waals surface area contributed by atoms with E-state index in [2.05, 4.69) is 48.2 Å². The highest BCUT2D eigenvalue weighted by molar-refractivity contribution is 5.82. The summed E-state index contributed by atoms with van der Waals surface area (Å²) >= 11 is 0. The first-order chi connectivity index (χ1) is 14.4. The average molecular weight is 432 g/mol. The zero-order valence-electron chi connectivity index (χ0n) is 20.1. The number of hydrogen-bond donors (Lipinski definition) is 3. The number of pyridine rings is 1. The van der Waals surface area contributed by atoms with E-state index in [0.717, 1.165) is 18.4 Å². The van der Waals surface area contributed by atoms with Gasteiger partial charge in [0, 0.05) is 36.8 Å². The quantitative estimate of drug-likeness (QED) is 0.558. The Morgan fingerprint density at radius 3 is 2.42 bits per heavy atom. The first-order valence-corrected chi connectivity index (χ1v) is 11.4. The van der Waals surface area contributed by atoms with Crippen LogP contribution in [-0.2, 0) is 16.1 Å². The summed E-state index contributed by atoms with van der Waals surface area (Å²) in [7, 11) is 0. The molecule has 0 saturated carbocycles. The van der Waals surface area contributed by atoms with Gasteiger partial charge in [-0.1, -0.05) is 34.1 Å². The van der Waals surface area contributed by atoms with Crippen molar-refractivity contribution < 1.29 is 9.59 Å². The van der Waals surface area contributed by atoms with Crippen molar-refractivity contribution in [2.75, 3.05) is 18.8 Å². The number of nitrogens with zero attached hydrogens (tertiary/aromatic N) is 2. The Balaban J connectivity index is 1.83. The molecule has 0 spiro atoms. The van der Waals surface area contributed by atoms with Crippen molar-refractivity contribution in [1.82, 2.24) is 20.5 Å². The molecular weight excluding hydrogens is 390 g/mol. The minimum absolute atomic E-state index is 0.0155. The van der Waals surface area contributed by atoms with Crippen LogP contribution < -0.4 is 16.4 Å². The number of carbonyl (C=O) groups is 2. The summed E-state index contributed by atoms with van der Waals surface area (Å²) in [5.41, 5.74) is 5.85. The topological polar surface area (TPSA) is 100 Å². The molecule has 1 aliphatic rings. The first-order valence-electron chi connectivity index (χ1n) is 11.4.